The molecule has 1 aromatic carbocycles. The van der Waals surface area contributed by atoms with Crippen molar-refractivity contribution in [2.24, 2.45) is 10.2 Å². The molecular weight excluding hydrogens is 340 g/mol. The third-order valence-electron chi connectivity index (χ3n) is 4.48. The van der Waals surface area contributed by atoms with Crippen LogP contribution >= 0.6 is 0 Å². The topological polar surface area (TPSA) is 91.2 Å². The van der Waals surface area contributed by atoms with Gasteiger partial charge in [-0.15, -0.1) is 12.3 Å². The highest BCUT2D eigenvalue weighted by Gasteiger charge is 2.39. The Balaban J connectivity index is 1.53. The van der Waals surface area contributed by atoms with Gasteiger partial charge in [0.1, 0.15) is 0 Å². The van der Waals surface area contributed by atoms with Crippen molar-refractivity contribution >= 4 is 16.1 Å². The van der Waals surface area contributed by atoms with E-state index in [-0.39, 0.29) is 13.0 Å². The number of nitrogens with one attached hydrogen (secondary N) is 1. The van der Waals surface area contributed by atoms with Gasteiger partial charge in [-0.25, -0.2) is 4.72 Å². The molecule has 0 radical (unpaired) electrons. The molecule has 2 aliphatic rings. The lowest BCUT2D eigenvalue weighted by Gasteiger charge is -2.27. The minimum Gasteiger partial charge on any atom is -0.274 e. The molecule has 7 nitrogen and oxygen atoms in total. The molecule has 0 saturated heterocycles. The largest absolute Gasteiger partial charge is 0.304 e. The van der Waals surface area contributed by atoms with Gasteiger partial charge in [0.15, 0.2) is 5.66 Å². The Morgan fingerprint density at radius 2 is 2.00 bits per heavy atom. The number of nitrogens with zero attached hydrogens (tertiary/aromatic N) is 3. The molecule has 2 heterocycles. The minimum absolute atomic E-state index is 0.0429. The van der Waals surface area contributed by atoms with Crippen LogP contribution in [0.5, 0.6) is 0 Å². The summed E-state index contributed by atoms with van der Waals surface area (Å²) in [5, 5.41) is 7.89. The number of hydrogen-bond donors (Lipinski definition) is 1. The number of carbonyl (C=O) groups is 1. The normalized spacial score (nSPS) is 18.2. The van der Waals surface area contributed by atoms with Gasteiger partial charge in [0.25, 0.3) is 0 Å². The zero-order valence-electron chi connectivity index (χ0n) is 13.8. The monoisotopic (exact) mass is 360 g/mol. The zero-order chi connectivity index (χ0) is 17.9. The first kappa shape index (κ1) is 17.6. The molecule has 0 aliphatic carbocycles. The van der Waals surface area contributed by atoms with Crippen LogP contribution in [0.1, 0.15) is 36.8 Å². The number of carbonyl (C=O) groups excluding carboxylic acids is 1. The van der Waals surface area contributed by atoms with Crippen molar-refractivity contribution in [3.63, 3.8) is 0 Å². The highest BCUT2D eigenvalue weighted by Crippen LogP contribution is 2.37. The molecule has 25 heavy (non-hydrogen) atoms. The van der Waals surface area contributed by atoms with Gasteiger partial charge in [0.05, 0.1) is 0 Å². The average Bonchev–Trinajstić information content (AvgIpc) is 3.38. The van der Waals surface area contributed by atoms with E-state index in [2.05, 4.69) is 20.9 Å². The maximum absolute atomic E-state index is 12.4. The van der Waals surface area contributed by atoms with Crippen molar-refractivity contribution in [3.8, 4) is 12.3 Å². The van der Waals surface area contributed by atoms with Crippen LogP contribution in [0.2, 0.25) is 0 Å². The number of amides is 1. The molecule has 0 aromatic heterocycles. The summed E-state index contributed by atoms with van der Waals surface area (Å²) < 4.78 is 28.3. The van der Waals surface area contributed by atoms with Crippen LogP contribution in [0.15, 0.2) is 34.5 Å². The Morgan fingerprint density at radius 1 is 1.28 bits per heavy atom. The minimum atomic E-state index is -3.85. The molecule has 3 rings (SSSR count). The Morgan fingerprint density at radius 3 is 2.68 bits per heavy atom. The van der Waals surface area contributed by atoms with Crippen molar-refractivity contribution in [2.45, 2.75) is 44.3 Å². The van der Waals surface area contributed by atoms with E-state index in [0.717, 1.165) is 11.1 Å². The summed E-state index contributed by atoms with van der Waals surface area (Å²) in [4.78, 5) is 12.1. The van der Waals surface area contributed by atoms with Crippen molar-refractivity contribution in [2.75, 3.05) is 6.54 Å². The van der Waals surface area contributed by atoms with Crippen LogP contribution in [0.4, 0.5) is 0 Å². The summed E-state index contributed by atoms with van der Waals surface area (Å²) in [6.45, 7) is 0.631. The van der Waals surface area contributed by atoms with Gasteiger partial charge >= 0.3 is 10.2 Å². The van der Waals surface area contributed by atoms with Crippen LogP contribution in [-0.2, 0) is 28.0 Å². The van der Waals surface area contributed by atoms with E-state index in [1.807, 2.05) is 24.3 Å². The SMILES string of the molecule is C#CCCC1(CCC(=O)NS(=O)(=O)N2CCc3ccccc3C2)N=N1. The van der Waals surface area contributed by atoms with Gasteiger partial charge in [-0.2, -0.15) is 23.0 Å². The summed E-state index contributed by atoms with van der Waals surface area (Å²) in [5.41, 5.74) is 1.53. The second-order valence-electron chi connectivity index (χ2n) is 6.27. The second-order valence-corrected chi connectivity index (χ2v) is 7.94. The van der Waals surface area contributed by atoms with Gasteiger partial charge in [-0.3, -0.25) is 4.79 Å². The fourth-order valence-electron chi connectivity index (χ4n) is 2.92. The molecule has 1 N–H and O–H groups in total. The van der Waals surface area contributed by atoms with Crippen LogP contribution in [-0.4, -0.2) is 30.8 Å². The fraction of sp³-hybridized carbons (Fsp3) is 0.471. The molecule has 1 amide bonds. The summed E-state index contributed by atoms with van der Waals surface area (Å²) >= 11 is 0. The molecule has 0 saturated carbocycles. The Kier molecular flexibility index (Phi) is 4.88. The van der Waals surface area contributed by atoms with Gasteiger partial charge in [0.2, 0.25) is 5.91 Å². The highest BCUT2D eigenvalue weighted by atomic mass is 32.2. The lowest BCUT2D eigenvalue weighted by Crippen LogP contribution is -2.45. The van der Waals surface area contributed by atoms with E-state index in [9.17, 15) is 13.2 Å². The van der Waals surface area contributed by atoms with Crippen molar-refractivity contribution in [3.05, 3.63) is 35.4 Å². The fourth-order valence-corrected chi connectivity index (χ4v) is 4.08. The first-order valence-corrected chi connectivity index (χ1v) is 9.63. The highest BCUT2D eigenvalue weighted by molar-refractivity contribution is 7.87. The molecule has 0 fully saturated rings. The molecule has 0 unspecified atom stereocenters. The molecular formula is C17H20N4O3S. The molecule has 2 aliphatic heterocycles. The third-order valence-corrected chi connectivity index (χ3v) is 5.96. The standard InChI is InChI=1S/C17H20N4O3S/c1-2-3-10-17(19-20-17)11-8-16(22)18-25(23,24)21-12-9-14-6-4-5-7-15(14)13-21/h1,4-7H,3,8-13H2,(H,18,22). The first-order valence-electron chi connectivity index (χ1n) is 8.19. The van der Waals surface area contributed by atoms with E-state index >= 15 is 0 Å². The molecule has 1 aromatic rings. The van der Waals surface area contributed by atoms with Crippen molar-refractivity contribution < 1.29 is 13.2 Å². The first-order chi connectivity index (χ1) is 11.9. The summed E-state index contributed by atoms with van der Waals surface area (Å²) in [5.74, 6) is 1.97. The van der Waals surface area contributed by atoms with Crippen LogP contribution in [0, 0.1) is 12.3 Å². The van der Waals surface area contributed by atoms with Crippen LogP contribution in [0.25, 0.3) is 0 Å². The zero-order valence-corrected chi connectivity index (χ0v) is 14.6. The van der Waals surface area contributed by atoms with Crippen molar-refractivity contribution in [1.82, 2.24) is 9.03 Å². The quantitative estimate of drug-likeness (QED) is 0.751. The molecule has 132 valence electrons. The third kappa shape index (κ3) is 4.24. The lowest BCUT2D eigenvalue weighted by molar-refractivity contribution is -0.119. The Hall–Kier alpha value is -2.24. The lowest BCUT2D eigenvalue weighted by atomic mass is 10.0. The summed E-state index contributed by atoms with van der Waals surface area (Å²) in [7, 11) is -3.85. The van der Waals surface area contributed by atoms with Gasteiger partial charge in [-0.1, -0.05) is 24.3 Å². The number of terminal acetylenes is 1. The van der Waals surface area contributed by atoms with Crippen molar-refractivity contribution in [1.29, 1.82) is 0 Å². The van der Waals surface area contributed by atoms with E-state index in [1.54, 1.807) is 0 Å². The predicted octanol–water partition coefficient (Wildman–Crippen LogP) is 1.76. The molecule has 0 spiro atoms. The molecule has 0 atom stereocenters. The number of benzene rings is 1. The predicted molar refractivity (Wildman–Crippen MR) is 92.5 cm³/mol. The van der Waals surface area contributed by atoms with E-state index in [4.69, 9.17) is 6.42 Å². The van der Waals surface area contributed by atoms with Crippen LogP contribution in [0.3, 0.4) is 0 Å². The second kappa shape index (κ2) is 6.94. The summed E-state index contributed by atoms with van der Waals surface area (Å²) in [6, 6.07) is 7.72. The maximum atomic E-state index is 12.4. The average molecular weight is 360 g/mol. The number of fused-ring (bicyclic) bond motifs is 1. The number of rotatable bonds is 7. The van der Waals surface area contributed by atoms with E-state index in [1.165, 1.54) is 4.31 Å². The van der Waals surface area contributed by atoms with Gasteiger partial charge in [0, 0.05) is 38.8 Å². The summed E-state index contributed by atoms with van der Waals surface area (Å²) in [6.07, 6.45) is 7.39. The Labute approximate surface area is 147 Å². The Bertz CT molecular complexity index is 836. The van der Waals surface area contributed by atoms with Crippen LogP contribution < -0.4 is 4.72 Å². The van der Waals surface area contributed by atoms with Gasteiger partial charge in [-0.05, 0) is 17.5 Å². The van der Waals surface area contributed by atoms with Gasteiger partial charge < -0.3 is 0 Å². The smallest absolute Gasteiger partial charge is 0.274 e. The number of hydrogen-bond acceptors (Lipinski definition) is 5. The molecule has 0 bridgehead atoms. The molecule has 8 heteroatoms. The van der Waals surface area contributed by atoms with E-state index in [0.29, 0.717) is 32.2 Å². The van der Waals surface area contributed by atoms with E-state index < -0.39 is 21.8 Å². The maximum Gasteiger partial charge on any atom is 0.304 e.